The fourth-order valence-corrected chi connectivity index (χ4v) is 7.55. The van der Waals surface area contributed by atoms with Gasteiger partial charge < -0.3 is 4.74 Å². The smallest absolute Gasteiger partial charge is 0.339 e. The summed E-state index contributed by atoms with van der Waals surface area (Å²) in [6.07, 6.45) is 0.585. The van der Waals surface area contributed by atoms with Gasteiger partial charge in [0.15, 0.2) is 6.10 Å². The molecule has 7 nitrogen and oxygen atoms in total. The standard InChI is InChI=1S/C34H27Br3N2O5/c1-2-30(31(40)19-6-4-3-5-7-19)44-34(43)25-17-29(38-28-13-10-20(35)14-22(25)28)18-8-11-21(12-9-18)39-32(41)23-15-26(36)27(37)16-24(23)33(39)42/h3-14,17,23-24,26-27,30H,2,15-16H2,1H3. The van der Waals surface area contributed by atoms with Crippen molar-refractivity contribution in [3.63, 3.8) is 0 Å². The number of carbonyl (C=O) groups excluding carboxylic acids is 4. The maximum Gasteiger partial charge on any atom is 0.339 e. The Kier molecular flexibility index (Phi) is 8.86. The number of rotatable bonds is 7. The number of ether oxygens (including phenoxy) is 1. The van der Waals surface area contributed by atoms with Crippen molar-refractivity contribution in [1.82, 2.24) is 4.98 Å². The Hall–Kier alpha value is -3.21. The maximum absolute atomic E-state index is 13.6. The number of anilines is 1. The molecular formula is C34H27Br3N2O5. The Morgan fingerprint density at radius 2 is 1.55 bits per heavy atom. The van der Waals surface area contributed by atoms with Crippen molar-refractivity contribution in [3.8, 4) is 11.3 Å². The monoisotopic (exact) mass is 780 g/mol. The number of esters is 1. The van der Waals surface area contributed by atoms with Crippen molar-refractivity contribution in [1.29, 1.82) is 0 Å². The van der Waals surface area contributed by atoms with Crippen LogP contribution >= 0.6 is 47.8 Å². The summed E-state index contributed by atoms with van der Waals surface area (Å²) in [6, 6.07) is 22.9. The van der Waals surface area contributed by atoms with Gasteiger partial charge in [0.25, 0.3) is 0 Å². The van der Waals surface area contributed by atoms with E-state index in [0.29, 0.717) is 52.7 Å². The number of pyridine rings is 1. The molecule has 0 spiro atoms. The van der Waals surface area contributed by atoms with Gasteiger partial charge in [0.2, 0.25) is 17.6 Å². The van der Waals surface area contributed by atoms with Crippen molar-refractivity contribution >= 4 is 87.9 Å². The van der Waals surface area contributed by atoms with Crippen molar-refractivity contribution in [3.05, 3.63) is 94.5 Å². The minimum absolute atomic E-state index is 0.132. The van der Waals surface area contributed by atoms with Crippen LogP contribution in [-0.4, -0.2) is 44.3 Å². The second-order valence-corrected chi connectivity index (χ2v) is 14.3. The second kappa shape index (κ2) is 12.7. The number of carbonyl (C=O) groups is 4. The molecule has 1 aromatic heterocycles. The summed E-state index contributed by atoms with van der Waals surface area (Å²) in [4.78, 5) is 59.6. The molecule has 2 aliphatic rings. The molecule has 1 saturated heterocycles. The van der Waals surface area contributed by atoms with Crippen LogP contribution in [0.4, 0.5) is 5.69 Å². The summed E-state index contributed by atoms with van der Waals surface area (Å²) >= 11 is 10.7. The number of aromatic nitrogens is 1. The normalized spacial score (nSPS) is 22.1. The summed E-state index contributed by atoms with van der Waals surface area (Å²) in [7, 11) is 0. The molecule has 3 aromatic carbocycles. The number of hydrogen-bond donors (Lipinski definition) is 0. The zero-order valence-corrected chi connectivity index (χ0v) is 28.3. The fraction of sp³-hybridized carbons (Fsp3) is 0.265. The summed E-state index contributed by atoms with van der Waals surface area (Å²) in [5.41, 5.74) is 3.04. The zero-order valence-electron chi connectivity index (χ0n) is 23.6. The highest BCUT2D eigenvalue weighted by Crippen LogP contribution is 2.44. The van der Waals surface area contributed by atoms with Gasteiger partial charge in [0, 0.05) is 30.6 Å². The molecule has 44 heavy (non-hydrogen) atoms. The molecule has 1 aliphatic carbocycles. The number of amides is 2. The highest BCUT2D eigenvalue weighted by atomic mass is 79.9. The number of nitrogens with zero attached hydrogens (tertiary/aromatic N) is 2. The van der Waals surface area contributed by atoms with E-state index in [-0.39, 0.29) is 44.7 Å². The third-order valence-corrected chi connectivity index (χ3v) is 11.5. The molecule has 2 fully saturated rings. The molecule has 1 aliphatic heterocycles. The average molecular weight is 783 g/mol. The first kappa shape index (κ1) is 30.8. The Morgan fingerprint density at radius 3 is 2.16 bits per heavy atom. The van der Waals surface area contributed by atoms with Crippen LogP contribution in [0.25, 0.3) is 22.2 Å². The quantitative estimate of drug-likeness (QED) is 0.0820. The molecule has 5 atom stereocenters. The molecule has 1 saturated carbocycles. The largest absolute Gasteiger partial charge is 0.450 e. The van der Waals surface area contributed by atoms with Gasteiger partial charge in [0.05, 0.1) is 34.3 Å². The zero-order chi connectivity index (χ0) is 31.1. The average Bonchev–Trinajstić information content (AvgIpc) is 3.27. The predicted octanol–water partition coefficient (Wildman–Crippen LogP) is 7.91. The second-order valence-electron chi connectivity index (χ2n) is 11.0. The summed E-state index contributed by atoms with van der Waals surface area (Å²) < 4.78 is 6.56. The van der Waals surface area contributed by atoms with Crippen LogP contribution in [0.3, 0.4) is 0 Å². The van der Waals surface area contributed by atoms with Crippen LogP contribution in [0.15, 0.2) is 83.3 Å². The fourth-order valence-electron chi connectivity index (χ4n) is 5.95. The van der Waals surface area contributed by atoms with Crippen LogP contribution in [0.5, 0.6) is 0 Å². The summed E-state index contributed by atoms with van der Waals surface area (Å²) in [6.45, 7) is 1.80. The minimum Gasteiger partial charge on any atom is -0.450 e. The van der Waals surface area contributed by atoms with E-state index in [1.807, 2.05) is 12.1 Å². The van der Waals surface area contributed by atoms with Crippen LogP contribution < -0.4 is 4.90 Å². The van der Waals surface area contributed by atoms with E-state index in [1.54, 1.807) is 73.7 Å². The van der Waals surface area contributed by atoms with E-state index >= 15 is 0 Å². The topological polar surface area (TPSA) is 93.6 Å². The lowest BCUT2D eigenvalue weighted by Crippen LogP contribution is -2.34. The van der Waals surface area contributed by atoms with Gasteiger partial charge in [0.1, 0.15) is 0 Å². The lowest BCUT2D eigenvalue weighted by atomic mass is 9.81. The highest BCUT2D eigenvalue weighted by molar-refractivity contribution is 9.12. The van der Waals surface area contributed by atoms with Crippen LogP contribution in [0.1, 0.15) is 46.9 Å². The molecule has 4 aromatic rings. The summed E-state index contributed by atoms with van der Waals surface area (Å²) in [5.74, 6) is -1.91. The number of alkyl halides is 2. The number of Topliss-reactive ketones (excluding diaryl/α,β-unsaturated/α-hetero) is 1. The van der Waals surface area contributed by atoms with Gasteiger partial charge in [-0.05, 0) is 55.7 Å². The first-order valence-electron chi connectivity index (χ1n) is 14.3. The van der Waals surface area contributed by atoms with E-state index in [4.69, 9.17) is 9.72 Å². The Balaban J connectivity index is 1.31. The van der Waals surface area contributed by atoms with Gasteiger partial charge >= 0.3 is 5.97 Å². The first-order chi connectivity index (χ1) is 21.2. The molecule has 2 heterocycles. The number of hydrogen-bond acceptors (Lipinski definition) is 6. The number of halogens is 3. The van der Waals surface area contributed by atoms with Crippen molar-refractivity contribution in [2.45, 2.75) is 41.9 Å². The minimum atomic E-state index is -0.943. The highest BCUT2D eigenvalue weighted by Gasteiger charge is 2.52. The molecular weight excluding hydrogens is 756 g/mol. The third-order valence-electron chi connectivity index (χ3n) is 8.29. The SMILES string of the molecule is CCC(OC(=O)c1cc(-c2ccc(N3C(=O)C4CC(Br)C(Br)CC4C3=O)cc2)nc2ccc(Br)cc12)C(=O)c1ccccc1. The van der Waals surface area contributed by atoms with Crippen LogP contribution in [0, 0.1) is 11.8 Å². The van der Waals surface area contributed by atoms with Crippen molar-refractivity contribution in [2.75, 3.05) is 4.90 Å². The van der Waals surface area contributed by atoms with Gasteiger partial charge in [-0.25, -0.2) is 9.78 Å². The number of ketones is 1. The van der Waals surface area contributed by atoms with Gasteiger partial charge in [-0.15, -0.1) is 0 Å². The van der Waals surface area contributed by atoms with E-state index in [9.17, 15) is 19.2 Å². The molecule has 0 radical (unpaired) electrons. The number of imide groups is 1. The Labute approximate surface area is 279 Å². The number of fused-ring (bicyclic) bond motifs is 2. The molecule has 5 unspecified atom stereocenters. The molecule has 6 rings (SSSR count). The van der Waals surface area contributed by atoms with E-state index < -0.39 is 12.1 Å². The molecule has 224 valence electrons. The maximum atomic E-state index is 13.6. The number of benzene rings is 3. The van der Waals surface area contributed by atoms with Crippen LogP contribution in [-0.2, 0) is 14.3 Å². The van der Waals surface area contributed by atoms with Crippen LogP contribution in [0.2, 0.25) is 0 Å². The van der Waals surface area contributed by atoms with Gasteiger partial charge in [-0.1, -0.05) is 97.2 Å². The molecule has 2 amide bonds. The predicted molar refractivity (Wildman–Crippen MR) is 179 cm³/mol. The van der Waals surface area contributed by atoms with Gasteiger partial charge in [-0.3, -0.25) is 19.3 Å². The molecule has 0 N–H and O–H groups in total. The van der Waals surface area contributed by atoms with Crippen molar-refractivity contribution < 1.29 is 23.9 Å². The Morgan fingerprint density at radius 1 is 0.909 bits per heavy atom. The van der Waals surface area contributed by atoms with E-state index in [2.05, 4.69) is 47.8 Å². The van der Waals surface area contributed by atoms with E-state index in [1.165, 1.54) is 4.90 Å². The van der Waals surface area contributed by atoms with E-state index in [0.717, 1.165) is 4.47 Å². The lowest BCUT2D eigenvalue weighted by Gasteiger charge is -2.29. The molecule has 10 heteroatoms. The van der Waals surface area contributed by atoms with Crippen molar-refractivity contribution in [2.24, 2.45) is 11.8 Å². The van der Waals surface area contributed by atoms with Gasteiger partial charge in [-0.2, -0.15) is 0 Å². The lowest BCUT2D eigenvalue weighted by molar-refractivity contribution is -0.122. The third kappa shape index (κ3) is 5.79. The first-order valence-corrected chi connectivity index (χ1v) is 17.0. The summed E-state index contributed by atoms with van der Waals surface area (Å²) in [5, 5.41) is 0.581. The Bertz CT molecular complexity index is 1750. The molecule has 0 bridgehead atoms.